The lowest BCUT2D eigenvalue weighted by molar-refractivity contribution is -0.120. The number of rotatable bonds is 8. The molecule has 31 heavy (non-hydrogen) atoms. The number of carbonyl (C=O) groups excluding carboxylic acids is 1. The predicted octanol–water partition coefficient (Wildman–Crippen LogP) is 4.84. The van der Waals surface area contributed by atoms with Crippen LogP contribution in [0.4, 0.5) is 9.52 Å². The SMILES string of the molecule is CCOc1ccc(OCC(=O)N(Cc2cccnc2)c2nc3ccc(F)cc3s2)cc1. The van der Waals surface area contributed by atoms with E-state index in [-0.39, 0.29) is 24.9 Å². The number of hydrogen-bond donors (Lipinski definition) is 0. The van der Waals surface area contributed by atoms with Crippen LogP contribution in [0.2, 0.25) is 0 Å². The van der Waals surface area contributed by atoms with Crippen molar-refractivity contribution >= 4 is 32.6 Å². The second-order valence-electron chi connectivity index (χ2n) is 6.64. The molecule has 0 atom stereocenters. The van der Waals surface area contributed by atoms with Crippen LogP contribution in [-0.2, 0) is 11.3 Å². The molecule has 2 aromatic heterocycles. The van der Waals surface area contributed by atoms with Gasteiger partial charge in [0.1, 0.15) is 17.3 Å². The minimum atomic E-state index is -0.341. The number of benzene rings is 2. The summed E-state index contributed by atoms with van der Waals surface area (Å²) in [5, 5.41) is 0.477. The molecule has 0 spiro atoms. The van der Waals surface area contributed by atoms with Crippen LogP contribution in [-0.4, -0.2) is 29.1 Å². The Hall–Kier alpha value is -3.52. The number of thiazole rings is 1. The van der Waals surface area contributed by atoms with Gasteiger partial charge in [-0.3, -0.25) is 14.7 Å². The van der Waals surface area contributed by atoms with Gasteiger partial charge in [0.25, 0.3) is 5.91 Å². The molecule has 0 aliphatic heterocycles. The molecule has 4 rings (SSSR count). The van der Waals surface area contributed by atoms with E-state index in [1.807, 2.05) is 19.1 Å². The maximum absolute atomic E-state index is 13.6. The van der Waals surface area contributed by atoms with Crippen LogP contribution in [0, 0.1) is 5.82 Å². The summed E-state index contributed by atoms with van der Waals surface area (Å²) >= 11 is 1.26. The highest BCUT2D eigenvalue weighted by atomic mass is 32.1. The van der Waals surface area contributed by atoms with E-state index >= 15 is 0 Å². The lowest BCUT2D eigenvalue weighted by Crippen LogP contribution is -2.34. The Morgan fingerprint density at radius 2 is 1.87 bits per heavy atom. The molecule has 0 saturated heterocycles. The summed E-state index contributed by atoms with van der Waals surface area (Å²) in [6.07, 6.45) is 3.37. The highest BCUT2D eigenvalue weighted by molar-refractivity contribution is 7.22. The molecule has 0 fully saturated rings. The number of amides is 1. The molecule has 8 heteroatoms. The van der Waals surface area contributed by atoms with Crippen molar-refractivity contribution in [3.8, 4) is 11.5 Å². The first kappa shape index (κ1) is 20.7. The van der Waals surface area contributed by atoms with Gasteiger partial charge < -0.3 is 9.47 Å². The van der Waals surface area contributed by atoms with Gasteiger partial charge >= 0.3 is 0 Å². The maximum atomic E-state index is 13.6. The van der Waals surface area contributed by atoms with Gasteiger partial charge in [-0.15, -0.1) is 0 Å². The van der Waals surface area contributed by atoms with Crippen LogP contribution in [0.1, 0.15) is 12.5 Å². The third kappa shape index (κ3) is 5.16. The first-order valence-corrected chi connectivity index (χ1v) is 10.5. The van der Waals surface area contributed by atoms with Gasteiger partial charge in [0, 0.05) is 12.4 Å². The summed E-state index contributed by atoms with van der Waals surface area (Å²) in [5.41, 5.74) is 1.49. The van der Waals surface area contributed by atoms with Crippen LogP contribution in [0.25, 0.3) is 10.2 Å². The minimum Gasteiger partial charge on any atom is -0.494 e. The summed E-state index contributed by atoms with van der Waals surface area (Å²) in [6.45, 7) is 2.60. The van der Waals surface area contributed by atoms with Gasteiger partial charge in [0.15, 0.2) is 11.7 Å². The molecular weight excluding hydrogens is 417 g/mol. The van der Waals surface area contributed by atoms with Crippen LogP contribution in [0.5, 0.6) is 11.5 Å². The molecule has 0 radical (unpaired) electrons. The van der Waals surface area contributed by atoms with Crippen molar-refractivity contribution in [3.63, 3.8) is 0 Å². The van der Waals surface area contributed by atoms with E-state index in [0.717, 1.165) is 11.3 Å². The average Bonchev–Trinajstić information content (AvgIpc) is 3.20. The van der Waals surface area contributed by atoms with Crippen LogP contribution < -0.4 is 14.4 Å². The molecular formula is C23H20FN3O3S. The summed E-state index contributed by atoms with van der Waals surface area (Å²) in [7, 11) is 0. The van der Waals surface area contributed by atoms with E-state index in [9.17, 15) is 9.18 Å². The third-order valence-corrected chi connectivity index (χ3v) is 5.47. The number of anilines is 1. The van der Waals surface area contributed by atoms with E-state index in [1.165, 1.54) is 28.4 Å². The van der Waals surface area contributed by atoms with Crippen LogP contribution in [0.15, 0.2) is 67.0 Å². The van der Waals surface area contributed by atoms with Gasteiger partial charge in [0.05, 0.1) is 23.4 Å². The van der Waals surface area contributed by atoms with Gasteiger partial charge in [-0.1, -0.05) is 17.4 Å². The van der Waals surface area contributed by atoms with Crippen LogP contribution >= 0.6 is 11.3 Å². The zero-order valence-corrected chi connectivity index (χ0v) is 17.6. The Kier molecular flexibility index (Phi) is 6.37. The number of aromatic nitrogens is 2. The van der Waals surface area contributed by atoms with Crippen molar-refractivity contribution < 1.29 is 18.7 Å². The van der Waals surface area contributed by atoms with Crippen molar-refractivity contribution in [2.24, 2.45) is 0 Å². The van der Waals surface area contributed by atoms with Crippen molar-refractivity contribution in [2.45, 2.75) is 13.5 Å². The summed E-state index contributed by atoms with van der Waals surface area (Å²) < 4.78 is 25.4. The molecule has 0 bridgehead atoms. The Bertz CT molecular complexity index is 1170. The maximum Gasteiger partial charge on any atom is 0.267 e. The summed E-state index contributed by atoms with van der Waals surface area (Å²) in [6, 6.07) is 15.2. The zero-order chi connectivity index (χ0) is 21.6. The smallest absolute Gasteiger partial charge is 0.267 e. The second kappa shape index (κ2) is 9.53. The molecule has 0 aliphatic carbocycles. The Morgan fingerprint density at radius 1 is 1.10 bits per heavy atom. The standard InChI is InChI=1S/C23H20FN3O3S/c1-2-29-18-6-8-19(9-7-18)30-15-22(28)27(14-16-4-3-11-25-13-16)23-26-20-10-5-17(24)12-21(20)31-23/h3-13H,2,14-15H2,1H3. The Morgan fingerprint density at radius 3 is 2.58 bits per heavy atom. The van der Waals surface area contributed by atoms with E-state index in [0.29, 0.717) is 27.7 Å². The predicted molar refractivity (Wildman–Crippen MR) is 118 cm³/mol. The summed E-state index contributed by atoms with van der Waals surface area (Å²) in [4.78, 5) is 23.3. The van der Waals surface area contributed by atoms with Gasteiger partial charge in [-0.2, -0.15) is 0 Å². The summed E-state index contributed by atoms with van der Waals surface area (Å²) in [5.74, 6) is 0.689. The highest BCUT2D eigenvalue weighted by Gasteiger charge is 2.21. The van der Waals surface area contributed by atoms with Gasteiger partial charge in [0.2, 0.25) is 0 Å². The molecule has 0 unspecified atom stereocenters. The number of halogens is 1. The monoisotopic (exact) mass is 437 g/mol. The lowest BCUT2D eigenvalue weighted by atomic mass is 10.2. The minimum absolute atomic E-state index is 0.168. The first-order valence-electron chi connectivity index (χ1n) is 9.73. The fourth-order valence-electron chi connectivity index (χ4n) is 2.96. The molecule has 2 aromatic carbocycles. The fourth-order valence-corrected chi connectivity index (χ4v) is 3.97. The quantitative estimate of drug-likeness (QED) is 0.395. The van der Waals surface area contributed by atoms with Crippen molar-refractivity contribution in [2.75, 3.05) is 18.1 Å². The second-order valence-corrected chi connectivity index (χ2v) is 7.65. The molecule has 1 amide bonds. The molecule has 0 aliphatic rings. The van der Waals surface area contributed by atoms with Crippen molar-refractivity contribution in [3.05, 3.63) is 78.4 Å². The lowest BCUT2D eigenvalue weighted by Gasteiger charge is -2.20. The normalized spacial score (nSPS) is 10.8. The van der Waals surface area contributed by atoms with E-state index in [2.05, 4.69) is 9.97 Å². The van der Waals surface area contributed by atoms with Crippen LogP contribution in [0.3, 0.4) is 0 Å². The fraction of sp³-hybridized carbons (Fsp3) is 0.174. The van der Waals surface area contributed by atoms with E-state index < -0.39 is 0 Å². The molecule has 4 aromatic rings. The van der Waals surface area contributed by atoms with Crippen molar-refractivity contribution in [1.82, 2.24) is 9.97 Å². The highest BCUT2D eigenvalue weighted by Crippen LogP contribution is 2.30. The average molecular weight is 437 g/mol. The molecule has 158 valence electrons. The number of pyridine rings is 1. The Labute approximate surface area is 182 Å². The molecule has 0 N–H and O–H groups in total. The number of nitrogens with zero attached hydrogens (tertiary/aromatic N) is 3. The first-order chi connectivity index (χ1) is 15.1. The Balaban J connectivity index is 1.54. The van der Waals surface area contributed by atoms with E-state index in [1.54, 1.807) is 42.7 Å². The topological polar surface area (TPSA) is 64.6 Å². The molecule has 2 heterocycles. The largest absolute Gasteiger partial charge is 0.494 e. The third-order valence-electron chi connectivity index (χ3n) is 4.43. The number of ether oxygens (including phenoxy) is 2. The van der Waals surface area contributed by atoms with Gasteiger partial charge in [-0.25, -0.2) is 9.37 Å². The molecule has 6 nitrogen and oxygen atoms in total. The number of carbonyl (C=O) groups is 1. The van der Waals surface area contributed by atoms with E-state index in [4.69, 9.17) is 9.47 Å². The van der Waals surface area contributed by atoms with Crippen molar-refractivity contribution in [1.29, 1.82) is 0 Å². The molecule has 0 saturated carbocycles. The van der Waals surface area contributed by atoms with Gasteiger partial charge in [-0.05, 0) is 61.0 Å². The zero-order valence-electron chi connectivity index (χ0n) is 16.8. The number of hydrogen-bond acceptors (Lipinski definition) is 6. The number of fused-ring (bicyclic) bond motifs is 1.